The van der Waals surface area contributed by atoms with Gasteiger partial charge < -0.3 is 14.2 Å². The van der Waals surface area contributed by atoms with Crippen LogP contribution in [0.3, 0.4) is 0 Å². The van der Waals surface area contributed by atoms with E-state index in [-0.39, 0.29) is 0 Å². The molecule has 5 heteroatoms. The summed E-state index contributed by atoms with van der Waals surface area (Å²) in [6.07, 6.45) is 1.71. The van der Waals surface area contributed by atoms with Crippen LogP contribution in [0, 0.1) is 0 Å². The van der Waals surface area contributed by atoms with Crippen LogP contribution in [-0.4, -0.2) is 24.6 Å². The van der Waals surface area contributed by atoms with Crippen molar-refractivity contribution >= 4 is 22.5 Å². The predicted molar refractivity (Wildman–Crippen MR) is 91.0 cm³/mol. The van der Waals surface area contributed by atoms with Crippen LogP contribution in [0.2, 0.25) is 0 Å². The van der Waals surface area contributed by atoms with Crippen LogP contribution < -0.4 is 14.2 Å². The smallest absolute Gasteiger partial charge is 0.163 e. The van der Waals surface area contributed by atoms with Crippen LogP contribution in [0.15, 0.2) is 54.7 Å². The van der Waals surface area contributed by atoms with Crippen LogP contribution >= 0.6 is 11.6 Å². The number of alkyl halides is 1. The van der Waals surface area contributed by atoms with Gasteiger partial charge in [0.1, 0.15) is 18.1 Å². The van der Waals surface area contributed by atoms with E-state index < -0.39 is 0 Å². The minimum absolute atomic E-state index is 0.406. The Morgan fingerprint density at radius 2 is 1.83 bits per heavy atom. The van der Waals surface area contributed by atoms with Gasteiger partial charge in [0.15, 0.2) is 11.5 Å². The molecule has 1 heterocycles. The van der Waals surface area contributed by atoms with Gasteiger partial charge in [0.2, 0.25) is 0 Å². The molecule has 4 nitrogen and oxygen atoms in total. The molecule has 2 aromatic carbocycles. The van der Waals surface area contributed by atoms with Crippen molar-refractivity contribution < 1.29 is 14.2 Å². The van der Waals surface area contributed by atoms with E-state index in [1.807, 2.05) is 48.5 Å². The van der Waals surface area contributed by atoms with Gasteiger partial charge in [-0.05, 0) is 24.3 Å². The van der Waals surface area contributed by atoms with Crippen molar-refractivity contribution in [2.45, 2.75) is 0 Å². The van der Waals surface area contributed by atoms with Gasteiger partial charge in [-0.15, -0.1) is 11.6 Å². The first-order chi connectivity index (χ1) is 11.3. The van der Waals surface area contributed by atoms with Gasteiger partial charge in [-0.3, -0.25) is 4.98 Å². The zero-order chi connectivity index (χ0) is 16.1. The molecule has 1 aromatic heterocycles. The molecule has 0 atom stereocenters. The lowest BCUT2D eigenvalue weighted by atomic mass is 10.2. The summed E-state index contributed by atoms with van der Waals surface area (Å²) in [6, 6.07) is 15.1. The predicted octanol–water partition coefficient (Wildman–Crippen LogP) is 4.65. The van der Waals surface area contributed by atoms with Crippen LogP contribution in [-0.2, 0) is 0 Å². The monoisotopic (exact) mass is 329 g/mol. The maximum absolute atomic E-state index is 5.95. The van der Waals surface area contributed by atoms with Crippen molar-refractivity contribution in [1.29, 1.82) is 0 Å². The minimum Gasteiger partial charge on any atom is -0.493 e. The molecule has 0 aliphatic rings. The number of pyridine rings is 1. The van der Waals surface area contributed by atoms with E-state index in [0.29, 0.717) is 29.7 Å². The number of hydrogen-bond donors (Lipinski definition) is 0. The Balaban J connectivity index is 2.03. The number of methoxy groups -OCH3 is 1. The van der Waals surface area contributed by atoms with Crippen molar-refractivity contribution in [1.82, 2.24) is 4.98 Å². The highest BCUT2D eigenvalue weighted by Gasteiger charge is 2.11. The second-order valence-electron chi connectivity index (χ2n) is 4.78. The molecule has 0 aliphatic carbocycles. The van der Waals surface area contributed by atoms with Gasteiger partial charge in [-0.1, -0.05) is 18.2 Å². The summed E-state index contributed by atoms with van der Waals surface area (Å²) in [4.78, 5) is 4.38. The molecule has 0 bridgehead atoms. The highest BCUT2D eigenvalue weighted by atomic mass is 35.5. The normalized spacial score (nSPS) is 10.5. The van der Waals surface area contributed by atoms with Crippen LogP contribution in [0.25, 0.3) is 10.9 Å². The molecule has 0 N–H and O–H groups in total. The number of nitrogens with zero attached hydrogens (tertiary/aromatic N) is 1. The highest BCUT2D eigenvalue weighted by molar-refractivity contribution is 6.18. The Morgan fingerprint density at radius 3 is 2.57 bits per heavy atom. The molecule has 0 radical (unpaired) electrons. The maximum atomic E-state index is 5.95. The average Bonchev–Trinajstić information content (AvgIpc) is 2.60. The fourth-order valence-corrected chi connectivity index (χ4v) is 2.33. The summed E-state index contributed by atoms with van der Waals surface area (Å²) < 4.78 is 17.0. The minimum atomic E-state index is 0.406. The number of para-hydroxylation sites is 1. The van der Waals surface area contributed by atoms with Crippen molar-refractivity contribution in [3.8, 4) is 23.0 Å². The summed E-state index contributed by atoms with van der Waals surface area (Å²) in [5.74, 6) is 3.12. The van der Waals surface area contributed by atoms with Gasteiger partial charge in [-0.2, -0.15) is 0 Å². The quantitative estimate of drug-likeness (QED) is 0.617. The van der Waals surface area contributed by atoms with Crippen LogP contribution in [0.4, 0.5) is 0 Å². The molecular formula is C18H16ClNO3. The lowest BCUT2D eigenvalue weighted by Gasteiger charge is -2.13. The Labute approximate surface area is 139 Å². The molecule has 3 rings (SSSR count). The average molecular weight is 330 g/mol. The number of benzene rings is 2. The van der Waals surface area contributed by atoms with Crippen molar-refractivity contribution in [2.24, 2.45) is 0 Å². The number of ether oxygens (including phenoxy) is 3. The molecule has 118 valence electrons. The Kier molecular flexibility index (Phi) is 4.83. The van der Waals surface area contributed by atoms with Gasteiger partial charge >= 0.3 is 0 Å². The molecule has 0 amide bonds. The largest absolute Gasteiger partial charge is 0.493 e. The van der Waals surface area contributed by atoms with E-state index in [0.717, 1.165) is 16.7 Å². The van der Waals surface area contributed by atoms with Gasteiger partial charge in [0.05, 0.1) is 18.5 Å². The highest BCUT2D eigenvalue weighted by Crippen LogP contribution is 2.36. The van der Waals surface area contributed by atoms with E-state index in [2.05, 4.69) is 4.98 Å². The summed E-state index contributed by atoms with van der Waals surface area (Å²) >= 11 is 5.68. The first kappa shape index (κ1) is 15.4. The van der Waals surface area contributed by atoms with Crippen molar-refractivity contribution in [2.75, 3.05) is 19.6 Å². The molecule has 0 unspecified atom stereocenters. The van der Waals surface area contributed by atoms with Crippen LogP contribution in [0.5, 0.6) is 23.0 Å². The first-order valence-electron chi connectivity index (χ1n) is 7.20. The molecular weight excluding hydrogens is 314 g/mol. The molecule has 0 fully saturated rings. The molecule has 23 heavy (non-hydrogen) atoms. The Morgan fingerprint density at radius 1 is 1.00 bits per heavy atom. The van der Waals surface area contributed by atoms with E-state index >= 15 is 0 Å². The SMILES string of the molecule is COc1cc2c(Oc3ccccc3)ccnc2cc1OCCCl. The fraction of sp³-hybridized carbons (Fsp3) is 0.167. The van der Waals surface area contributed by atoms with Gasteiger partial charge in [0, 0.05) is 17.6 Å². The Hall–Kier alpha value is -2.46. The molecule has 0 saturated heterocycles. The zero-order valence-electron chi connectivity index (χ0n) is 12.7. The topological polar surface area (TPSA) is 40.6 Å². The third-order valence-corrected chi connectivity index (χ3v) is 3.45. The summed E-state index contributed by atoms with van der Waals surface area (Å²) in [6.45, 7) is 0.406. The third kappa shape index (κ3) is 3.48. The van der Waals surface area contributed by atoms with Crippen molar-refractivity contribution in [3.63, 3.8) is 0 Å². The number of fused-ring (bicyclic) bond motifs is 1. The third-order valence-electron chi connectivity index (χ3n) is 3.29. The van der Waals surface area contributed by atoms with E-state index in [4.69, 9.17) is 25.8 Å². The maximum Gasteiger partial charge on any atom is 0.163 e. The number of hydrogen-bond acceptors (Lipinski definition) is 4. The van der Waals surface area contributed by atoms with Gasteiger partial charge in [-0.25, -0.2) is 0 Å². The van der Waals surface area contributed by atoms with Crippen molar-refractivity contribution in [3.05, 3.63) is 54.7 Å². The molecule has 0 saturated carbocycles. The zero-order valence-corrected chi connectivity index (χ0v) is 13.4. The number of rotatable bonds is 6. The van der Waals surface area contributed by atoms with E-state index in [1.165, 1.54) is 0 Å². The molecule has 0 aliphatic heterocycles. The fourth-order valence-electron chi connectivity index (χ4n) is 2.25. The number of halogens is 1. The van der Waals surface area contributed by atoms with E-state index in [9.17, 15) is 0 Å². The second-order valence-corrected chi connectivity index (χ2v) is 5.16. The van der Waals surface area contributed by atoms with Crippen LogP contribution in [0.1, 0.15) is 0 Å². The standard InChI is InChI=1S/C18H16ClNO3/c1-21-17-11-14-15(12-18(17)22-10-8-19)20-9-7-16(14)23-13-5-3-2-4-6-13/h2-7,9,11-12H,8,10H2,1H3. The van der Waals surface area contributed by atoms with Gasteiger partial charge in [0.25, 0.3) is 0 Å². The lowest BCUT2D eigenvalue weighted by Crippen LogP contribution is -2.00. The summed E-state index contributed by atoms with van der Waals surface area (Å²) in [7, 11) is 1.60. The number of aromatic nitrogens is 1. The lowest BCUT2D eigenvalue weighted by molar-refractivity contribution is 0.313. The first-order valence-corrected chi connectivity index (χ1v) is 7.73. The Bertz CT molecular complexity index is 793. The summed E-state index contributed by atoms with van der Waals surface area (Å²) in [5, 5.41) is 0.853. The second kappa shape index (κ2) is 7.20. The van der Waals surface area contributed by atoms with E-state index in [1.54, 1.807) is 13.3 Å². The summed E-state index contributed by atoms with van der Waals surface area (Å²) in [5.41, 5.74) is 0.767. The molecule has 0 spiro atoms. The molecule has 3 aromatic rings.